The maximum Gasteiger partial charge on any atom is 0.254 e. The number of piperazine rings is 1. The van der Waals surface area contributed by atoms with Crippen LogP contribution in [0.1, 0.15) is 34.8 Å². The highest BCUT2D eigenvalue weighted by atomic mass is 35.5. The molecule has 2 fully saturated rings. The first-order valence-corrected chi connectivity index (χ1v) is 9.73. The number of methoxy groups -OCH3 is 1. The summed E-state index contributed by atoms with van der Waals surface area (Å²) in [4.78, 5) is 27.2. The maximum atomic E-state index is 13.3. The summed E-state index contributed by atoms with van der Waals surface area (Å²) in [6.07, 6.45) is 1.90. The molecule has 2 amide bonds. The third-order valence-corrected chi connectivity index (χ3v) is 5.33. The van der Waals surface area contributed by atoms with Crippen LogP contribution >= 0.6 is 12.4 Å². The van der Waals surface area contributed by atoms with Crippen LogP contribution in [0.2, 0.25) is 0 Å². The zero-order chi connectivity index (χ0) is 19.5. The summed E-state index contributed by atoms with van der Waals surface area (Å²) in [5.41, 5.74) is 2.24. The standard InChI is InChI=1S/C22H25N3O3.ClH/c1-28-20-8-3-2-7-18(20)19-14-23-11-12-25(19)22(27)16-5-4-6-17(13-16)24-21(26)15-9-10-15;/h2-8,13,15,19,23H,9-12,14H2,1H3,(H,24,26);1H. The molecule has 7 heteroatoms. The van der Waals surface area contributed by atoms with Crippen molar-refractivity contribution < 1.29 is 14.3 Å². The molecule has 29 heavy (non-hydrogen) atoms. The van der Waals surface area contributed by atoms with Gasteiger partial charge in [0.2, 0.25) is 5.91 Å². The number of hydrogen-bond acceptors (Lipinski definition) is 4. The number of carbonyl (C=O) groups excluding carboxylic acids is 2. The molecule has 0 radical (unpaired) electrons. The summed E-state index contributed by atoms with van der Waals surface area (Å²) >= 11 is 0. The van der Waals surface area contributed by atoms with Gasteiger partial charge >= 0.3 is 0 Å². The highest BCUT2D eigenvalue weighted by Gasteiger charge is 2.31. The van der Waals surface area contributed by atoms with E-state index in [2.05, 4.69) is 10.6 Å². The molecule has 1 aliphatic carbocycles. The Balaban J connectivity index is 0.00000240. The molecule has 154 valence electrons. The second-order valence-corrected chi connectivity index (χ2v) is 7.30. The lowest BCUT2D eigenvalue weighted by molar-refractivity contribution is -0.117. The fourth-order valence-corrected chi connectivity index (χ4v) is 3.65. The first-order valence-electron chi connectivity index (χ1n) is 9.73. The number of nitrogens with zero attached hydrogens (tertiary/aromatic N) is 1. The van der Waals surface area contributed by atoms with Gasteiger partial charge in [-0.2, -0.15) is 0 Å². The third-order valence-electron chi connectivity index (χ3n) is 5.33. The molecule has 0 spiro atoms. The Labute approximate surface area is 177 Å². The number of hydrogen-bond donors (Lipinski definition) is 2. The molecule has 2 aromatic rings. The molecule has 1 saturated heterocycles. The van der Waals surface area contributed by atoms with E-state index in [1.54, 1.807) is 19.2 Å². The first-order chi connectivity index (χ1) is 13.7. The second kappa shape index (κ2) is 9.29. The van der Waals surface area contributed by atoms with Gasteiger partial charge in [-0.25, -0.2) is 0 Å². The summed E-state index contributed by atoms with van der Waals surface area (Å²) in [5.74, 6) is 0.903. The van der Waals surface area contributed by atoms with Crippen molar-refractivity contribution in [3.63, 3.8) is 0 Å². The summed E-state index contributed by atoms with van der Waals surface area (Å²) in [6.45, 7) is 2.03. The van der Waals surface area contributed by atoms with Crippen LogP contribution in [0, 0.1) is 5.92 Å². The van der Waals surface area contributed by atoms with E-state index in [1.807, 2.05) is 41.3 Å². The average Bonchev–Trinajstić information content (AvgIpc) is 3.59. The monoisotopic (exact) mass is 415 g/mol. The van der Waals surface area contributed by atoms with E-state index in [4.69, 9.17) is 4.74 Å². The molecule has 6 nitrogen and oxygen atoms in total. The first kappa shape index (κ1) is 21.1. The molecular weight excluding hydrogens is 390 g/mol. The Morgan fingerprint density at radius 3 is 2.69 bits per heavy atom. The number of para-hydroxylation sites is 1. The maximum absolute atomic E-state index is 13.3. The lowest BCUT2D eigenvalue weighted by Crippen LogP contribution is -2.48. The van der Waals surface area contributed by atoms with Crippen LogP contribution in [0.3, 0.4) is 0 Å². The molecule has 2 N–H and O–H groups in total. The van der Waals surface area contributed by atoms with Gasteiger partial charge < -0.3 is 20.3 Å². The number of benzene rings is 2. The minimum Gasteiger partial charge on any atom is -0.496 e. The van der Waals surface area contributed by atoms with Crippen molar-refractivity contribution in [2.75, 3.05) is 32.1 Å². The number of halogens is 1. The van der Waals surface area contributed by atoms with E-state index in [9.17, 15) is 9.59 Å². The normalized spacial score (nSPS) is 18.5. The van der Waals surface area contributed by atoms with Gasteiger partial charge in [-0.05, 0) is 37.1 Å². The van der Waals surface area contributed by atoms with E-state index < -0.39 is 0 Å². The molecule has 1 saturated carbocycles. The van der Waals surface area contributed by atoms with Gasteiger partial charge in [0, 0.05) is 42.4 Å². The number of nitrogens with one attached hydrogen (secondary N) is 2. The third kappa shape index (κ3) is 4.71. The topological polar surface area (TPSA) is 70.7 Å². The van der Waals surface area contributed by atoms with Crippen molar-refractivity contribution in [2.24, 2.45) is 5.92 Å². The minimum absolute atomic E-state index is 0. The average molecular weight is 416 g/mol. The van der Waals surface area contributed by atoms with E-state index in [-0.39, 0.29) is 36.2 Å². The highest BCUT2D eigenvalue weighted by Crippen LogP contribution is 2.32. The molecule has 2 aromatic carbocycles. The van der Waals surface area contributed by atoms with Gasteiger partial charge in [-0.1, -0.05) is 24.3 Å². The van der Waals surface area contributed by atoms with Crippen LogP contribution in [0.4, 0.5) is 5.69 Å². The molecule has 1 aliphatic heterocycles. The van der Waals surface area contributed by atoms with Crippen molar-refractivity contribution >= 4 is 29.9 Å². The minimum atomic E-state index is -0.109. The molecule has 0 bridgehead atoms. The Bertz CT molecular complexity index is 885. The van der Waals surface area contributed by atoms with E-state index >= 15 is 0 Å². The van der Waals surface area contributed by atoms with Crippen molar-refractivity contribution in [2.45, 2.75) is 18.9 Å². The van der Waals surface area contributed by atoms with Crippen molar-refractivity contribution in [1.29, 1.82) is 0 Å². The predicted molar refractivity (Wildman–Crippen MR) is 115 cm³/mol. The van der Waals surface area contributed by atoms with Crippen LogP contribution in [0.25, 0.3) is 0 Å². The SMILES string of the molecule is COc1ccccc1C1CNCCN1C(=O)c1cccc(NC(=O)C2CC2)c1.Cl. The van der Waals surface area contributed by atoms with Crippen molar-refractivity contribution in [3.05, 3.63) is 59.7 Å². The van der Waals surface area contributed by atoms with E-state index in [0.29, 0.717) is 24.3 Å². The molecule has 1 heterocycles. The van der Waals surface area contributed by atoms with Gasteiger partial charge in [-0.3, -0.25) is 9.59 Å². The fourth-order valence-electron chi connectivity index (χ4n) is 3.65. The molecule has 2 aliphatic rings. The van der Waals surface area contributed by atoms with Gasteiger partial charge in [-0.15, -0.1) is 12.4 Å². The number of carbonyl (C=O) groups is 2. The summed E-state index contributed by atoms with van der Waals surface area (Å²) in [6, 6.07) is 14.9. The largest absolute Gasteiger partial charge is 0.496 e. The molecule has 0 aromatic heterocycles. The van der Waals surface area contributed by atoms with Crippen molar-refractivity contribution in [1.82, 2.24) is 10.2 Å². The molecule has 1 atom stereocenters. The Kier molecular flexibility index (Phi) is 6.77. The van der Waals surface area contributed by atoms with Gasteiger partial charge in [0.15, 0.2) is 0 Å². The van der Waals surface area contributed by atoms with Crippen molar-refractivity contribution in [3.8, 4) is 5.75 Å². The lowest BCUT2D eigenvalue weighted by atomic mass is 10.0. The van der Waals surface area contributed by atoms with Crippen LogP contribution < -0.4 is 15.4 Å². The highest BCUT2D eigenvalue weighted by molar-refractivity contribution is 5.98. The smallest absolute Gasteiger partial charge is 0.254 e. The van der Waals surface area contributed by atoms with Crippen LogP contribution in [-0.4, -0.2) is 43.5 Å². The van der Waals surface area contributed by atoms with Gasteiger partial charge in [0.25, 0.3) is 5.91 Å². The van der Waals surface area contributed by atoms with Gasteiger partial charge in [0.05, 0.1) is 13.2 Å². The number of rotatable bonds is 5. The Hall–Kier alpha value is -2.57. The Morgan fingerprint density at radius 2 is 1.93 bits per heavy atom. The zero-order valence-corrected chi connectivity index (χ0v) is 17.2. The Morgan fingerprint density at radius 1 is 1.14 bits per heavy atom. The number of anilines is 1. The van der Waals surface area contributed by atoms with E-state index in [0.717, 1.165) is 30.7 Å². The van der Waals surface area contributed by atoms with Gasteiger partial charge in [0.1, 0.15) is 5.75 Å². The molecule has 1 unspecified atom stereocenters. The number of ether oxygens (including phenoxy) is 1. The second-order valence-electron chi connectivity index (χ2n) is 7.30. The summed E-state index contributed by atoms with van der Waals surface area (Å²) < 4.78 is 5.51. The fraction of sp³-hybridized carbons (Fsp3) is 0.364. The quantitative estimate of drug-likeness (QED) is 0.786. The van der Waals surface area contributed by atoms with Crippen LogP contribution in [-0.2, 0) is 4.79 Å². The summed E-state index contributed by atoms with van der Waals surface area (Å²) in [5, 5.41) is 6.29. The predicted octanol–water partition coefficient (Wildman–Crippen LogP) is 3.25. The zero-order valence-electron chi connectivity index (χ0n) is 16.4. The van der Waals surface area contributed by atoms with Crippen LogP contribution in [0.15, 0.2) is 48.5 Å². The number of amides is 2. The lowest BCUT2D eigenvalue weighted by Gasteiger charge is -2.37. The van der Waals surface area contributed by atoms with E-state index in [1.165, 1.54) is 0 Å². The summed E-state index contributed by atoms with van der Waals surface area (Å²) in [7, 11) is 1.65. The van der Waals surface area contributed by atoms with Crippen LogP contribution in [0.5, 0.6) is 5.75 Å². The molecular formula is C22H26ClN3O3. The molecule has 4 rings (SSSR count).